The molecule has 38 heavy (non-hydrogen) atoms. The second-order valence-corrected chi connectivity index (χ2v) is 10.9. The fourth-order valence-corrected chi connectivity index (χ4v) is 6.20. The minimum atomic E-state index is -0.868. The van der Waals surface area contributed by atoms with Gasteiger partial charge in [0.15, 0.2) is 27.8 Å². The molecule has 1 aliphatic rings. The Hall–Kier alpha value is -3.09. The van der Waals surface area contributed by atoms with Crippen LogP contribution in [0, 0.1) is 0 Å². The Balaban J connectivity index is 2.03. The van der Waals surface area contributed by atoms with Crippen LogP contribution >= 0.6 is 43.2 Å². The van der Waals surface area contributed by atoms with Gasteiger partial charge in [0.05, 0.1) is 49.8 Å². The number of hydrogen-bond donors (Lipinski definition) is 1. The zero-order valence-corrected chi connectivity index (χ0v) is 25.1. The molecule has 12 heteroatoms. The van der Waals surface area contributed by atoms with Gasteiger partial charge < -0.3 is 24.1 Å². The summed E-state index contributed by atoms with van der Waals surface area (Å²) in [6.07, 6.45) is 1.57. The summed E-state index contributed by atoms with van der Waals surface area (Å²) >= 11 is 8.12. The molecule has 9 nitrogen and oxygen atoms in total. The molecule has 3 aromatic rings. The van der Waals surface area contributed by atoms with Gasteiger partial charge in [-0.05, 0) is 49.8 Å². The van der Waals surface area contributed by atoms with Gasteiger partial charge in [0, 0.05) is 14.5 Å². The molecule has 0 saturated carbocycles. The van der Waals surface area contributed by atoms with Crippen molar-refractivity contribution in [3.8, 4) is 23.0 Å². The van der Waals surface area contributed by atoms with E-state index in [1.54, 1.807) is 44.2 Å². The second kappa shape index (κ2) is 11.3. The number of fused-ring (bicyclic) bond motifs is 1. The van der Waals surface area contributed by atoms with E-state index in [1.165, 1.54) is 25.9 Å². The highest BCUT2D eigenvalue weighted by atomic mass is 79.9. The van der Waals surface area contributed by atoms with Crippen LogP contribution in [0.15, 0.2) is 54.3 Å². The van der Waals surface area contributed by atoms with Crippen molar-refractivity contribution in [2.24, 2.45) is 4.99 Å². The summed E-state index contributed by atoms with van der Waals surface area (Å²) in [5.74, 6) is 0.476. The summed E-state index contributed by atoms with van der Waals surface area (Å²) in [4.78, 5) is 32.0. The summed E-state index contributed by atoms with van der Waals surface area (Å²) in [5, 5.41) is 10.7. The van der Waals surface area contributed by atoms with Gasteiger partial charge in [-0.25, -0.2) is 9.79 Å². The van der Waals surface area contributed by atoms with E-state index in [9.17, 15) is 14.7 Å². The first kappa shape index (κ1) is 27.9. The number of aromatic nitrogens is 1. The van der Waals surface area contributed by atoms with Crippen LogP contribution in [0.4, 0.5) is 0 Å². The lowest BCUT2D eigenvalue weighted by Gasteiger charge is -2.26. The molecule has 0 radical (unpaired) electrons. The number of ether oxygens (including phenoxy) is 4. The standard InChI is InChI=1S/C26H24Br2N2O7S/c1-6-37-25(33)21-12(2)29-26-30(22(21)15-10-17(34-3)18(35-4)11-16(15)28)24(32)20(38-26)8-13-7-14(27)9-19(36-5)23(13)31/h7-11,22,31H,6H2,1-5H3/b20-8-/t22-/m0/s1. The Kier molecular flexibility index (Phi) is 8.34. The van der Waals surface area contributed by atoms with Gasteiger partial charge in [0.25, 0.3) is 5.56 Å². The minimum Gasteiger partial charge on any atom is -0.504 e. The van der Waals surface area contributed by atoms with Crippen molar-refractivity contribution in [3.05, 3.63) is 75.3 Å². The third-order valence-corrected chi connectivity index (χ3v) is 8.02. The number of phenols is 1. The van der Waals surface area contributed by atoms with Crippen LogP contribution < -0.4 is 29.1 Å². The highest BCUT2D eigenvalue weighted by Gasteiger charge is 2.35. The van der Waals surface area contributed by atoms with Crippen LogP contribution in [-0.4, -0.2) is 43.6 Å². The van der Waals surface area contributed by atoms with Gasteiger partial charge in [-0.1, -0.05) is 43.2 Å². The van der Waals surface area contributed by atoms with E-state index in [2.05, 4.69) is 36.9 Å². The summed E-state index contributed by atoms with van der Waals surface area (Å²) < 4.78 is 24.5. The number of halogens is 2. The van der Waals surface area contributed by atoms with Crippen LogP contribution in [0.3, 0.4) is 0 Å². The third kappa shape index (κ3) is 4.99. The van der Waals surface area contributed by atoms with Crippen LogP contribution in [0.2, 0.25) is 0 Å². The van der Waals surface area contributed by atoms with Crippen molar-refractivity contribution >= 4 is 55.2 Å². The first-order valence-electron chi connectivity index (χ1n) is 11.3. The van der Waals surface area contributed by atoms with E-state index in [-0.39, 0.29) is 23.7 Å². The summed E-state index contributed by atoms with van der Waals surface area (Å²) in [5.41, 5.74) is 1.22. The fourth-order valence-electron chi connectivity index (χ4n) is 4.17. The summed E-state index contributed by atoms with van der Waals surface area (Å²) in [6.45, 7) is 3.57. The molecule has 2 aromatic carbocycles. The van der Waals surface area contributed by atoms with Gasteiger partial charge in [-0.15, -0.1) is 0 Å². The lowest BCUT2D eigenvalue weighted by Crippen LogP contribution is -2.40. The fraction of sp³-hybridized carbons (Fsp3) is 0.269. The largest absolute Gasteiger partial charge is 0.504 e. The number of allylic oxidation sites excluding steroid dienone is 1. The molecule has 4 rings (SSSR count). The van der Waals surface area contributed by atoms with E-state index in [1.807, 2.05) is 0 Å². The van der Waals surface area contributed by atoms with Crippen molar-refractivity contribution in [3.63, 3.8) is 0 Å². The molecule has 0 spiro atoms. The van der Waals surface area contributed by atoms with Crippen LogP contribution in [-0.2, 0) is 9.53 Å². The normalized spacial score (nSPS) is 15.1. The number of benzene rings is 2. The number of phenolic OH excluding ortho intramolecular Hbond substituents is 1. The Labute approximate surface area is 238 Å². The molecule has 2 heterocycles. The predicted octanol–water partition coefficient (Wildman–Crippen LogP) is 4.05. The smallest absolute Gasteiger partial charge is 0.338 e. The van der Waals surface area contributed by atoms with Crippen LogP contribution in [0.5, 0.6) is 23.0 Å². The van der Waals surface area contributed by atoms with Crippen molar-refractivity contribution in [1.29, 1.82) is 0 Å². The number of thiazole rings is 1. The number of carbonyl (C=O) groups excluding carboxylic acids is 1. The van der Waals surface area contributed by atoms with Crippen LogP contribution in [0.25, 0.3) is 6.08 Å². The Morgan fingerprint density at radius 1 is 1.11 bits per heavy atom. The van der Waals surface area contributed by atoms with E-state index in [0.29, 0.717) is 46.6 Å². The molecule has 0 aliphatic carbocycles. The average molecular weight is 668 g/mol. The highest BCUT2D eigenvalue weighted by Crippen LogP contribution is 2.41. The zero-order valence-electron chi connectivity index (χ0n) is 21.1. The number of carbonyl (C=O) groups is 1. The molecule has 0 amide bonds. The minimum absolute atomic E-state index is 0.107. The lowest BCUT2D eigenvalue weighted by atomic mass is 9.95. The number of esters is 1. The van der Waals surface area contributed by atoms with Gasteiger partial charge in [-0.2, -0.15) is 0 Å². The molecule has 0 fully saturated rings. The topological polar surface area (TPSA) is 109 Å². The zero-order chi connectivity index (χ0) is 27.7. The maximum Gasteiger partial charge on any atom is 0.338 e. The van der Waals surface area contributed by atoms with E-state index in [0.717, 1.165) is 11.3 Å². The Morgan fingerprint density at radius 3 is 2.39 bits per heavy atom. The van der Waals surface area contributed by atoms with Crippen LogP contribution in [0.1, 0.15) is 31.0 Å². The summed E-state index contributed by atoms with van der Waals surface area (Å²) in [7, 11) is 4.47. The SMILES string of the molecule is CCOC(=O)C1=C(C)N=c2s/c(=C\c3cc(Br)cc(OC)c3O)c(=O)n2[C@H]1c1cc(OC)c(OC)cc1Br. The quantitative estimate of drug-likeness (QED) is 0.379. The molecule has 1 aromatic heterocycles. The Bertz CT molecular complexity index is 1640. The van der Waals surface area contributed by atoms with E-state index < -0.39 is 17.6 Å². The second-order valence-electron chi connectivity index (χ2n) is 8.08. The summed E-state index contributed by atoms with van der Waals surface area (Å²) in [6, 6.07) is 5.86. The molecule has 1 aliphatic heterocycles. The highest BCUT2D eigenvalue weighted by molar-refractivity contribution is 9.10. The molecule has 0 unspecified atom stereocenters. The van der Waals surface area contributed by atoms with Gasteiger partial charge in [0.2, 0.25) is 0 Å². The third-order valence-electron chi connectivity index (χ3n) is 5.89. The predicted molar refractivity (Wildman–Crippen MR) is 150 cm³/mol. The number of hydrogen-bond acceptors (Lipinski definition) is 9. The van der Waals surface area contributed by atoms with Gasteiger partial charge >= 0.3 is 5.97 Å². The number of rotatable bonds is 7. The first-order chi connectivity index (χ1) is 18.1. The molecule has 1 N–H and O–H groups in total. The van der Waals surface area contributed by atoms with Gasteiger partial charge in [0.1, 0.15) is 0 Å². The Morgan fingerprint density at radius 2 is 1.76 bits per heavy atom. The maximum absolute atomic E-state index is 13.9. The number of aromatic hydroxyl groups is 1. The van der Waals surface area contributed by atoms with E-state index in [4.69, 9.17) is 18.9 Å². The molecule has 200 valence electrons. The number of nitrogens with zero attached hydrogens (tertiary/aromatic N) is 2. The lowest BCUT2D eigenvalue weighted by molar-refractivity contribution is -0.139. The molecule has 0 bridgehead atoms. The first-order valence-corrected chi connectivity index (χ1v) is 13.7. The maximum atomic E-state index is 13.9. The molecular formula is C26H24Br2N2O7S. The molecular weight excluding hydrogens is 644 g/mol. The molecule has 1 atom stereocenters. The van der Waals surface area contributed by atoms with Gasteiger partial charge in [-0.3, -0.25) is 9.36 Å². The molecule has 0 saturated heterocycles. The van der Waals surface area contributed by atoms with Crippen molar-refractivity contribution in [2.75, 3.05) is 27.9 Å². The van der Waals surface area contributed by atoms with Crippen molar-refractivity contribution in [2.45, 2.75) is 19.9 Å². The van der Waals surface area contributed by atoms with Crippen molar-refractivity contribution in [1.82, 2.24) is 4.57 Å². The monoisotopic (exact) mass is 666 g/mol. The number of methoxy groups -OCH3 is 3. The average Bonchev–Trinajstić information content (AvgIpc) is 3.19. The van der Waals surface area contributed by atoms with E-state index >= 15 is 0 Å². The van der Waals surface area contributed by atoms with Crippen molar-refractivity contribution < 1.29 is 28.8 Å².